The van der Waals surface area contributed by atoms with Crippen LogP contribution >= 0.6 is 0 Å². The van der Waals surface area contributed by atoms with Crippen LogP contribution < -0.4 is 16.3 Å². The first-order valence-corrected chi connectivity index (χ1v) is 7.77. The van der Waals surface area contributed by atoms with Crippen molar-refractivity contribution in [2.24, 2.45) is 0 Å². The lowest BCUT2D eigenvalue weighted by Gasteiger charge is -2.40. The van der Waals surface area contributed by atoms with E-state index in [2.05, 4.69) is 14.8 Å². The lowest BCUT2D eigenvalue weighted by molar-refractivity contribution is 0.141. The van der Waals surface area contributed by atoms with Gasteiger partial charge in [0.2, 0.25) is 0 Å². The summed E-state index contributed by atoms with van der Waals surface area (Å²) in [4.78, 5) is 8.90. The largest absolute Gasteiger partial charge is 0.423 e. The van der Waals surface area contributed by atoms with Gasteiger partial charge in [-0.1, -0.05) is 6.42 Å². The number of hydrogen-bond acceptors (Lipinski definition) is 6. The molecule has 0 aliphatic carbocycles. The number of nitrogens with zero attached hydrogens (tertiary/aromatic N) is 4. The molecule has 21 heavy (non-hydrogen) atoms. The van der Waals surface area contributed by atoms with Crippen LogP contribution in [0, 0.1) is 5.41 Å². The van der Waals surface area contributed by atoms with E-state index in [-0.39, 0.29) is 11.4 Å². The monoisotopic (exact) mass is 292 g/mol. The van der Waals surface area contributed by atoms with Crippen molar-refractivity contribution in [3.63, 3.8) is 0 Å². The Morgan fingerprint density at radius 2 is 1.81 bits per heavy atom. The maximum atomic E-state index is 9.46. The topological polar surface area (TPSA) is 94.4 Å². The Labute approximate surface area is 124 Å². The number of nitrogen functional groups attached to an aromatic ring is 1. The molecule has 2 saturated heterocycles. The molecule has 3 rings (SSSR count). The molecule has 0 spiro atoms. The van der Waals surface area contributed by atoms with Crippen LogP contribution in [0.15, 0.2) is 6.07 Å². The Kier molecular flexibility index (Phi) is 4.01. The Balaban J connectivity index is 1.64. The smallest absolute Gasteiger partial charge is 0.259 e. The number of anilines is 2. The molecule has 7 nitrogen and oxygen atoms in total. The Morgan fingerprint density at radius 1 is 1.14 bits per heavy atom. The average molecular weight is 292 g/mol. The summed E-state index contributed by atoms with van der Waals surface area (Å²) in [5, 5.41) is 17.1. The fourth-order valence-electron chi connectivity index (χ4n) is 3.41. The van der Waals surface area contributed by atoms with Gasteiger partial charge in [0.25, 0.3) is 5.62 Å². The van der Waals surface area contributed by atoms with Crippen molar-refractivity contribution in [2.75, 3.05) is 36.8 Å². The van der Waals surface area contributed by atoms with Gasteiger partial charge in [-0.15, -0.1) is 4.73 Å². The van der Waals surface area contributed by atoms with Gasteiger partial charge in [-0.3, -0.25) is 5.41 Å². The SMILES string of the molecule is N=c1nc(N2CCC(N3CCCCC3)CC2)cc(N)n1O. The minimum Gasteiger partial charge on any atom is -0.423 e. The highest BCUT2D eigenvalue weighted by Gasteiger charge is 2.26. The number of piperidine rings is 2. The number of rotatable bonds is 2. The zero-order valence-electron chi connectivity index (χ0n) is 12.3. The molecular formula is C14H24N6O. The minimum absolute atomic E-state index is 0.156. The predicted molar refractivity (Wildman–Crippen MR) is 80.3 cm³/mol. The molecule has 0 unspecified atom stereocenters. The van der Waals surface area contributed by atoms with E-state index in [1.807, 2.05) is 0 Å². The third-order valence-corrected chi connectivity index (χ3v) is 4.64. The summed E-state index contributed by atoms with van der Waals surface area (Å²) < 4.78 is 0.601. The van der Waals surface area contributed by atoms with E-state index in [9.17, 15) is 5.21 Å². The van der Waals surface area contributed by atoms with Crippen LogP contribution in [0.1, 0.15) is 32.1 Å². The van der Waals surface area contributed by atoms with Gasteiger partial charge in [-0.2, -0.15) is 4.98 Å². The van der Waals surface area contributed by atoms with Gasteiger partial charge in [0.15, 0.2) is 0 Å². The first-order chi connectivity index (χ1) is 10.1. The molecule has 0 atom stereocenters. The molecule has 0 radical (unpaired) electrons. The molecule has 2 fully saturated rings. The summed E-state index contributed by atoms with van der Waals surface area (Å²) >= 11 is 0. The summed E-state index contributed by atoms with van der Waals surface area (Å²) in [6, 6.07) is 2.32. The second kappa shape index (κ2) is 5.93. The second-order valence-corrected chi connectivity index (χ2v) is 5.99. The summed E-state index contributed by atoms with van der Waals surface area (Å²) in [5.41, 5.74) is 5.47. The molecule has 0 saturated carbocycles. The molecule has 0 bridgehead atoms. The molecule has 2 aliphatic rings. The Morgan fingerprint density at radius 3 is 2.43 bits per heavy atom. The normalized spacial score (nSPS) is 21.6. The minimum atomic E-state index is -0.219. The molecule has 0 aromatic carbocycles. The second-order valence-electron chi connectivity index (χ2n) is 5.99. The fourth-order valence-corrected chi connectivity index (χ4v) is 3.41. The summed E-state index contributed by atoms with van der Waals surface area (Å²) in [5.74, 6) is 0.850. The quantitative estimate of drug-likeness (QED) is 0.695. The standard InChI is InChI=1S/C14H24N6O/c15-12-10-13(17-14(16)20(12)21)19-8-4-11(5-9-19)18-6-2-1-3-7-18/h10-11,16,21H,1-9,15H2. The highest BCUT2D eigenvalue weighted by Crippen LogP contribution is 2.23. The van der Waals surface area contributed by atoms with Crippen LogP contribution in [0.4, 0.5) is 11.6 Å². The highest BCUT2D eigenvalue weighted by atomic mass is 16.5. The maximum absolute atomic E-state index is 9.46. The zero-order valence-corrected chi connectivity index (χ0v) is 12.3. The Hall–Kier alpha value is -1.76. The zero-order chi connectivity index (χ0) is 14.8. The number of hydrogen-bond donors (Lipinski definition) is 3. The maximum Gasteiger partial charge on any atom is 0.259 e. The van der Waals surface area contributed by atoms with Crippen molar-refractivity contribution in [3.05, 3.63) is 11.7 Å². The van der Waals surface area contributed by atoms with Crippen LogP contribution in [0.25, 0.3) is 0 Å². The molecule has 1 aromatic rings. The lowest BCUT2D eigenvalue weighted by atomic mass is 10.00. The van der Waals surface area contributed by atoms with Crippen molar-refractivity contribution < 1.29 is 5.21 Å². The number of nitrogens with two attached hydrogens (primary N) is 1. The highest BCUT2D eigenvalue weighted by molar-refractivity contribution is 5.46. The van der Waals surface area contributed by atoms with E-state index in [0.29, 0.717) is 16.6 Å². The van der Waals surface area contributed by atoms with Crippen molar-refractivity contribution in [1.29, 1.82) is 5.41 Å². The fraction of sp³-hybridized carbons (Fsp3) is 0.714. The van der Waals surface area contributed by atoms with Crippen LogP contribution in [0.5, 0.6) is 0 Å². The van der Waals surface area contributed by atoms with Crippen molar-refractivity contribution in [2.45, 2.75) is 38.1 Å². The molecule has 7 heteroatoms. The van der Waals surface area contributed by atoms with Crippen LogP contribution in [0.3, 0.4) is 0 Å². The number of nitrogens with one attached hydrogen (secondary N) is 1. The van der Waals surface area contributed by atoms with E-state index in [4.69, 9.17) is 11.1 Å². The first kappa shape index (κ1) is 14.2. The molecule has 1 aromatic heterocycles. The van der Waals surface area contributed by atoms with Gasteiger partial charge in [0.1, 0.15) is 11.6 Å². The summed E-state index contributed by atoms with van der Waals surface area (Å²) in [7, 11) is 0. The molecule has 2 aliphatic heterocycles. The third-order valence-electron chi connectivity index (χ3n) is 4.64. The molecule has 4 N–H and O–H groups in total. The van der Waals surface area contributed by atoms with Crippen molar-refractivity contribution in [3.8, 4) is 0 Å². The average Bonchev–Trinajstić information content (AvgIpc) is 2.53. The molecular weight excluding hydrogens is 268 g/mol. The number of aromatic nitrogens is 2. The third kappa shape index (κ3) is 2.97. The van der Waals surface area contributed by atoms with Crippen LogP contribution in [-0.2, 0) is 0 Å². The molecule has 0 amide bonds. The van der Waals surface area contributed by atoms with E-state index in [1.165, 1.54) is 32.4 Å². The van der Waals surface area contributed by atoms with Gasteiger partial charge >= 0.3 is 0 Å². The van der Waals surface area contributed by atoms with Gasteiger partial charge in [0.05, 0.1) is 0 Å². The number of likely N-dealkylation sites (tertiary alicyclic amines) is 1. The van der Waals surface area contributed by atoms with Gasteiger partial charge in [-0.25, -0.2) is 0 Å². The first-order valence-electron chi connectivity index (χ1n) is 7.77. The van der Waals surface area contributed by atoms with Crippen LogP contribution in [0.2, 0.25) is 0 Å². The van der Waals surface area contributed by atoms with Gasteiger partial charge in [-0.05, 0) is 38.8 Å². The van der Waals surface area contributed by atoms with Gasteiger partial charge < -0.3 is 20.7 Å². The van der Waals surface area contributed by atoms with E-state index in [1.54, 1.807) is 6.07 Å². The summed E-state index contributed by atoms with van der Waals surface area (Å²) in [6.07, 6.45) is 6.28. The van der Waals surface area contributed by atoms with E-state index in [0.717, 1.165) is 25.9 Å². The lowest BCUT2D eigenvalue weighted by Crippen LogP contribution is -2.47. The molecule has 3 heterocycles. The van der Waals surface area contributed by atoms with Crippen molar-refractivity contribution in [1.82, 2.24) is 14.6 Å². The van der Waals surface area contributed by atoms with E-state index < -0.39 is 0 Å². The molecule has 116 valence electrons. The predicted octanol–water partition coefficient (Wildman–Crippen LogP) is 0.637. The van der Waals surface area contributed by atoms with Gasteiger partial charge in [0, 0.05) is 25.2 Å². The van der Waals surface area contributed by atoms with E-state index >= 15 is 0 Å². The Bertz CT molecular complexity index is 543. The van der Waals surface area contributed by atoms with Crippen LogP contribution in [-0.4, -0.2) is 52.0 Å². The summed E-state index contributed by atoms with van der Waals surface area (Å²) in [6.45, 7) is 4.34. The van der Waals surface area contributed by atoms with Crippen molar-refractivity contribution >= 4 is 11.6 Å².